The number of phenols is 1. The molecule has 1 unspecified atom stereocenters. The third-order valence-corrected chi connectivity index (χ3v) is 3.11. The molecule has 1 aliphatic rings. The summed E-state index contributed by atoms with van der Waals surface area (Å²) in [5.74, 6) is -0.215. The van der Waals surface area contributed by atoms with Gasteiger partial charge in [0.25, 0.3) is 0 Å². The third-order valence-electron chi connectivity index (χ3n) is 3.11. The maximum absolute atomic E-state index is 10.9. The maximum atomic E-state index is 10.9. The second-order valence-corrected chi connectivity index (χ2v) is 4.43. The van der Waals surface area contributed by atoms with Gasteiger partial charge in [0.1, 0.15) is 11.5 Å². The van der Waals surface area contributed by atoms with Gasteiger partial charge in [0.2, 0.25) is 0 Å². The molecular formula is C13H17NO5. The van der Waals surface area contributed by atoms with Gasteiger partial charge in [-0.15, -0.1) is 0 Å². The topological polar surface area (TPSA) is 79.2 Å². The monoisotopic (exact) mass is 267 g/mol. The van der Waals surface area contributed by atoms with Crippen LogP contribution in [0.3, 0.4) is 0 Å². The van der Waals surface area contributed by atoms with Crippen LogP contribution in [0.1, 0.15) is 5.56 Å². The first-order valence-electron chi connectivity index (χ1n) is 6.03. The van der Waals surface area contributed by atoms with Crippen molar-refractivity contribution in [1.82, 2.24) is 4.90 Å². The third kappa shape index (κ3) is 3.36. The van der Waals surface area contributed by atoms with Crippen LogP contribution in [0.5, 0.6) is 11.5 Å². The van der Waals surface area contributed by atoms with Crippen molar-refractivity contribution in [2.45, 2.75) is 12.6 Å². The van der Waals surface area contributed by atoms with E-state index < -0.39 is 12.1 Å². The van der Waals surface area contributed by atoms with Crippen LogP contribution in [0.2, 0.25) is 0 Å². The summed E-state index contributed by atoms with van der Waals surface area (Å²) in [7, 11) is 1.54. The Balaban J connectivity index is 2.02. The molecule has 1 aromatic rings. The summed E-state index contributed by atoms with van der Waals surface area (Å²) in [6.45, 7) is 1.84. The smallest absolute Gasteiger partial charge is 0.334 e. The van der Waals surface area contributed by atoms with Gasteiger partial charge in [0.15, 0.2) is 6.10 Å². The predicted molar refractivity (Wildman–Crippen MR) is 67.3 cm³/mol. The molecule has 0 amide bonds. The highest BCUT2D eigenvalue weighted by Crippen LogP contribution is 2.25. The van der Waals surface area contributed by atoms with Crippen molar-refractivity contribution >= 4 is 5.97 Å². The maximum Gasteiger partial charge on any atom is 0.334 e. The molecule has 104 valence electrons. The van der Waals surface area contributed by atoms with Crippen LogP contribution in [0, 0.1) is 0 Å². The van der Waals surface area contributed by atoms with Crippen LogP contribution < -0.4 is 4.74 Å². The van der Waals surface area contributed by atoms with Crippen molar-refractivity contribution < 1.29 is 24.5 Å². The number of carboxylic acid groups (broad SMARTS) is 1. The van der Waals surface area contributed by atoms with Crippen LogP contribution in [0.15, 0.2) is 18.2 Å². The number of aliphatic carboxylic acids is 1. The zero-order valence-electron chi connectivity index (χ0n) is 10.7. The van der Waals surface area contributed by atoms with Crippen LogP contribution in [-0.2, 0) is 16.1 Å². The van der Waals surface area contributed by atoms with Gasteiger partial charge >= 0.3 is 5.97 Å². The first kappa shape index (κ1) is 13.6. The Kier molecular flexibility index (Phi) is 4.24. The Morgan fingerprint density at radius 2 is 2.37 bits per heavy atom. The number of ether oxygens (including phenoxy) is 2. The highest BCUT2D eigenvalue weighted by atomic mass is 16.5. The largest absolute Gasteiger partial charge is 0.507 e. The van der Waals surface area contributed by atoms with E-state index in [0.29, 0.717) is 32.0 Å². The molecule has 0 bridgehead atoms. The molecule has 0 spiro atoms. The van der Waals surface area contributed by atoms with E-state index in [1.165, 1.54) is 7.11 Å². The number of hydrogen-bond acceptors (Lipinski definition) is 5. The molecule has 19 heavy (non-hydrogen) atoms. The fourth-order valence-corrected chi connectivity index (χ4v) is 2.04. The summed E-state index contributed by atoms with van der Waals surface area (Å²) in [6.07, 6.45) is -0.797. The summed E-state index contributed by atoms with van der Waals surface area (Å²) in [6, 6.07) is 5.09. The van der Waals surface area contributed by atoms with Crippen molar-refractivity contribution in [3.05, 3.63) is 23.8 Å². The lowest BCUT2D eigenvalue weighted by Gasteiger charge is -2.30. The van der Waals surface area contributed by atoms with E-state index in [4.69, 9.17) is 14.6 Å². The minimum absolute atomic E-state index is 0.151. The van der Waals surface area contributed by atoms with Crippen molar-refractivity contribution in [1.29, 1.82) is 0 Å². The Hall–Kier alpha value is -1.79. The number of nitrogens with zero attached hydrogens (tertiary/aromatic N) is 1. The van der Waals surface area contributed by atoms with E-state index in [-0.39, 0.29) is 5.75 Å². The second-order valence-electron chi connectivity index (χ2n) is 4.43. The van der Waals surface area contributed by atoms with Crippen molar-refractivity contribution in [2.24, 2.45) is 0 Å². The number of morpholine rings is 1. The first-order chi connectivity index (χ1) is 9.10. The molecule has 0 aromatic heterocycles. The molecule has 1 aliphatic heterocycles. The molecule has 1 fully saturated rings. The van der Waals surface area contributed by atoms with E-state index in [2.05, 4.69) is 0 Å². The minimum atomic E-state index is -0.955. The first-order valence-corrected chi connectivity index (χ1v) is 6.03. The van der Waals surface area contributed by atoms with Gasteiger partial charge in [0, 0.05) is 31.3 Å². The molecular weight excluding hydrogens is 250 g/mol. The quantitative estimate of drug-likeness (QED) is 0.835. The molecule has 1 saturated heterocycles. The fourth-order valence-electron chi connectivity index (χ4n) is 2.04. The summed E-state index contributed by atoms with van der Waals surface area (Å²) < 4.78 is 10.2. The van der Waals surface area contributed by atoms with Gasteiger partial charge in [-0.05, 0) is 6.07 Å². The average molecular weight is 267 g/mol. The molecule has 1 aromatic carbocycles. The van der Waals surface area contributed by atoms with Gasteiger partial charge in [-0.1, -0.05) is 6.07 Å². The Bertz CT molecular complexity index is 462. The SMILES string of the molecule is COc1ccc(CN2CCOC(C(=O)O)C2)c(O)c1. The number of rotatable bonds is 4. The van der Waals surface area contributed by atoms with Gasteiger partial charge < -0.3 is 19.7 Å². The number of carbonyl (C=O) groups is 1. The Morgan fingerprint density at radius 3 is 3.00 bits per heavy atom. The summed E-state index contributed by atoms with van der Waals surface area (Å²) in [5, 5.41) is 18.8. The van der Waals surface area contributed by atoms with Crippen LogP contribution >= 0.6 is 0 Å². The summed E-state index contributed by atoms with van der Waals surface area (Å²) in [4.78, 5) is 12.8. The van der Waals surface area contributed by atoms with Gasteiger partial charge in [0.05, 0.1) is 13.7 Å². The molecule has 0 saturated carbocycles. The predicted octanol–water partition coefficient (Wildman–Crippen LogP) is 0.686. The Labute approximate surface area is 111 Å². The number of phenolic OH excluding ortho intramolecular Hbond substituents is 1. The normalized spacial score (nSPS) is 20.2. The number of benzene rings is 1. The number of methoxy groups -OCH3 is 1. The van der Waals surface area contributed by atoms with Crippen LogP contribution in [-0.4, -0.2) is 54.0 Å². The van der Waals surface area contributed by atoms with E-state index in [9.17, 15) is 9.90 Å². The summed E-state index contributed by atoms with van der Waals surface area (Å²) >= 11 is 0. The molecule has 0 aliphatic carbocycles. The molecule has 1 atom stereocenters. The van der Waals surface area contributed by atoms with Gasteiger partial charge in [-0.25, -0.2) is 4.79 Å². The number of carboxylic acids is 1. The fraction of sp³-hybridized carbons (Fsp3) is 0.462. The molecule has 0 radical (unpaired) electrons. The second kappa shape index (κ2) is 5.90. The van der Waals surface area contributed by atoms with Crippen molar-refractivity contribution in [3.8, 4) is 11.5 Å². The molecule has 2 rings (SSSR count). The highest BCUT2D eigenvalue weighted by Gasteiger charge is 2.26. The lowest BCUT2D eigenvalue weighted by molar-refractivity contribution is -0.156. The summed E-state index contributed by atoms with van der Waals surface area (Å²) in [5.41, 5.74) is 0.742. The van der Waals surface area contributed by atoms with Gasteiger partial charge in [-0.2, -0.15) is 0 Å². The average Bonchev–Trinajstić information content (AvgIpc) is 2.41. The van der Waals surface area contributed by atoms with Crippen molar-refractivity contribution in [2.75, 3.05) is 26.8 Å². The molecule has 6 nitrogen and oxygen atoms in total. The zero-order valence-corrected chi connectivity index (χ0v) is 10.7. The van der Waals surface area contributed by atoms with Gasteiger partial charge in [-0.3, -0.25) is 4.90 Å². The minimum Gasteiger partial charge on any atom is -0.507 e. The molecule has 6 heteroatoms. The van der Waals surface area contributed by atoms with E-state index in [0.717, 1.165) is 5.56 Å². The van der Waals surface area contributed by atoms with Crippen LogP contribution in [0.25, 0.3) is 0 Å². The molecule has 2 N–H and O–H groups in total. The lowest BCUT2D eigenvalue weighted by atomic mass is 10.1. The van der Waals surface area contributed by atoms with E-state index in [1.807, 2.05) is 4.90 Å². The Morgan fingerprint density at radius 1 is 1.58 bits per heavy atom. The van der Waals surface area contributed by atoms with Crippen LogP contribution in [0.4, 0.5) is 0 Å². The van der Waals surface area contributed by atoms with Crippen molar-refractivity contribution in [3.63, 3.8) is 0 Å². The van der Waals surface area contributed by atoms with E-state index >= 15 is 0 Å². The molecule has 1 heterocycles. The highest BCUT2D eigenvalue weighted by molar-refractivity contribution is 5.72. The standard InChI is InChI=1S/C13H17NO5/c1-18-10-3-2-9(11(15)6-10)7-14-4-5-19-12(8-14)13(16)17/h2-3,6,12,15H,4-5,7-8H2,1H3,(H,16,17). The zero-order chi connectivity index (χ0) is 13.8. The van der Waals surface area contributed by atoms with E-state index in [1.54, 1.807) is 18.2 Å². The number of aromatic hydroxyl groups is 1. The lowest BCUT2D eigenvalue weighted by Crippen LogP contribution is -2.45. The number of hydrogen-bond donors (Lipinski definition) is 2.